The van der Waals surface area contributed by atoms with Gasteiger partial charge >= 0.3 is 0 Å². The van der Waals surface area contributed by atoms with Crippen LogP contribution < -0.4 is 19.5 Å². The van der Waals surface area contributed by atoms with Crippen molar-refractivity contribution >= 4 is 27.3 Å². The molecule has 1 amide bonds. The topological polar surface area (TPSA) is 93.7 Å². The molecule has 0 heterocycles. The quantitative estimate of drug-likeness (QED) is 0.736. The van der Waals surface area contributed by atoms with Crippen molar-refractivity contribution in [1.29, 1.82) is 0 Å². The molecule has 2 N–H and O–H groups in total. The molecular formula is C18H22N2O5S. The fourth-order valence-corrected chi connectivity index (χ4v) is 2.92. The minimum atomic E-state index is -3.32. The molecule has 0 aromatic heterocycles. The van der Waals surface area contributed by atoms with Crippen molar-refractivity contribution in [2.75, 3.05) is 30.5 Å². The zero-order valence-corrected chi connectivity index (χ0v) is 15.7. The number of aryl methyl sites for hydroxylation is 1. The first-order valence-corrected chi connectivity index (χ1v) is 9.78. The van der Waals surface area contributed by atoms with Gasteiger partial charge in [0.2, 0.25) is 15.9 Å². The number of benzene rings is 2. The molecule has 140 valence electrons. The summed E-state index contributed by atoms with van der Waals surface area (Å²) in [5.41, 5.74) is 2.00. The lowest BCUT2D eigenvalue weighted by molar-refractivity contribution is -0.116. The van der Waals surface area contributed by atoms with Gasteiger partial charge in [-0.05, 0) is 48.4 Å². The van der Waals surface area contributed by atoms with E-state index in [2.05, 4.69) is 10.0 Å². The molecule has 7 nitrogen and oxygen atoms in total. The van der Waals surface area contributed by atoms with E-state index in [1.165, 1.54) is 0 Å². The summed E-state index contributed by atoms with van der Waals surface area (Å²) in [4.78, 5) is 12.1. The number of amides is 1. The predicted molar refractivity (Wildman–Crippen MR) is 101 cm³/mol. The summed E-state index contributed by atoms with van der Waals surface area (Å²) >= 11 is 0. The number of nitrogens with one attached hydrogen (secondary N) is 2. The zero-order valence-electron chi connectivity index (χ0n) is 14.9. The molecule has 8 heteroatoms. The van der Waals surface area contributed by atoms with Gasteiger partial charge in [-0.15, -0.1) is 0 Å². The molecule has 0 saturated carbocycles. The van der Waals surface area contributed by atoms with E-state index in [-0.39, 0.29) is 5.91 Å². The van der Waals surface area contributed by atoms with Crippen LogP contribution in [0.1, 0.15) is 12.0 Å². The molecule has 2 aromatic carbocycles. The van der Waals surface area contributed by atoms with Gasteiger partial charge in [0.1, 0.15) is 0 Å². The first-order valence-electron chi connectivity index (χ1n) is 7.89. The Hall–Kier alpha value is -2.74. The average molecular weight is 378 g/mol. The molecule has 2 aromatic rings. The number of rotatable bonds is 8. The van der Waals surface area contributed by atoms with E-state index in [9.17, 15) is 13.2 Å². The van der Waals surface area contributed by atoms with Gasteiger partial charge in [0.05, 0.1) is 20.5 Å². The van der Waals surface area contributed by atoms with Crippen molar-refractivity contribution in [2.45, 2.75) is 12.8 Å². The molecular weight excluding hydrogens is 356 g/mol. The average Bonchev–Trinajstić information content (AvgIpc) is 2.60. The van der Waals surface area contributed by atoms with Crippen LogP contribution in [-0.4, -0.2) is 34.8 Å². The molecule has 0 saturated heterocycles. The Morgan fingerprint density at radius 3 is 2.15 bits per heavy atom. The van der Waals surface area contributed by atoms with Crippen molar-refractivity contribution in [3.8, 4) is 11.5 Å². The van der Waals surface area contributed by atoms with Crippen LogP contribution in [-0.2, 0) is 21.2 Å². The summed E-state index contributed by atoms with van der Waals surface area (Å²) in [5.74, 6) is 1.13. The van der Waals surface area contributed by atoms with Gasteiger partial charge in [-0.3, -0.25) is 9.52 Å². The summed E-state index contributed by atoms with van der Waals surface area (Å²) in [5, 5.41) is 2.78. The van der Waals surface area contributed by atoms with Crippen LogP contribution in [0.15, 0.2) is 42.5 Å². The maximum absolute atomic E-state index is 12.1. The fourth-order valence-electron chi connectivity index (χ4n) is 2.35. The number of sulfonamides is 1. The standard InChI is InChI=1S/C18H22N2O5S/c1-24-16-10-4-13(12-17(16)25-2)5-11-18(21)19-14-6-8-15(9-7-14)20-26(3,22)23/h4,6-10,12,20H,5,11H2,1-3H3,(H,19,21). The molecule has 0 aliphatic heterocycles. The van der Waals surface area contributed by atoms with Crippen LogP contribution in [0, 0.1) is 0 Å². The summed E-state index contributed by atoms with van der Waals surface area (Å²) < 4.78 is 35.1. The van der Waals surface area contributed by atoms with Gasteiger partial charge in [-0.2, -0.15) is 0 Å². The molecule has 0 radical (unpaired) electrons. The lowest BCUT2D eigenvalue weighted by Crippen LogP contribution is -2.13. The number of hydrogen-bond donors (Lipinski definition) is 2. The Bertz CT molecular complexity index is 864. The summed E-state index contributed by atoms with van der Waals surface area (Å²) in [6.07, 6.45) is 1.94. The molecule has 0 aliphatic rings. The van der Waals surface area contributed by atoms with Crippen molar-refractivity contribution in [3.05, 3.63) is 48.0 Å². The van der Waals surface area contributed by atoms with Gasteiger partial charge in [0.15, 0.2) is 11.5 Å². The van der Waals surface area contributed by atoms with E-state index >= 15 is 0 Å². The molecule has 26 heavy (non-hydrogen) atoms. The number of carbonyl (C=O) groups excluding carboxylic acids is 1. The molecule has 2 rings (SSSR count). The van der Waals surface area contributed by atoms with E-state index in [1.54, 1.807) is 44.6 Å². The Morgan fingerprint density at radius 2 is 1.58 bits per heavy atom. The summed E-state index contributed by atoms with van der Waals surface area (Å²) in [7, 11) is -0.182. The molecule has 0 spiro atoms. The third kappa shape index (κ3) is 5.96. The number of carbonyl (C=O) groups is 1. The maximum atomic E-state index is 12.1. The minimum absolute atomic E-state index is 0.136. The van der Waals surface area contributed by atoms with Crippen LogP contribution in [0.4, 0.5) is 11.4 Å². The van der Waals surface area contributed by atoms with Crippen LogP contribution in [0.5, 0.6) is 11.5 Å². The monoisotopic (exact) mass is 378 g/mol. The highest BCUT2D eigenvalue weighted by Crippen LogP contribution is 2.28. The zero-order chi connectivity index (χ0) is 19.2. The molecule has 0 aliphatic carbocycles. The number of anilines is 2. The third-order valence-corrected chi connectivity index (χ3v) is 4.17. The Morgan fingerprint density at radius 1 is 0.962 bits per heavy atom. The lowest BCUT2D eigenvalue weighted by Gasteiger charge is -2.10. The SMILES string of the molecule is COc1ccc(CCC(=O)Nc2ccc(NS(C)(=O)=O)cc2)cc1OC. The van der Waals surface area contributed by atoms with E-state index in [4.69, 9.17) is 9.47 Å². The van der Waals surface area contributed by atoms with E-state index in [0.717, 1.165) is 11.8 Å². The van der Waals surface area contributed by atoms with Crippen molar-refractivity contribution < 1.29 is 22.7 Å². The van der Waals surface area contributed by atoms with Gasteiger partial charge in [0, 0.05) is 17.8 Å². The van der Waals surface area contributed by atoms with E-state index < -0.39 is 10.0 Å². The van der Waals surface area contributed by atoms with Crippen molar-refractivity contribution in [3.63, 3.8) is 0 Å². The Labute approximate surface area is 153 Å². The molecule has 0 atom stereocenters. The van der Waals surface area contributed by atoms with Crippen LogP contribution in [0.3, 0.4) is 0 Å². The van der Waals surface area contributed by atoms with Gasteiger partial charge in [0.25, 0.3) is 0 Å². The van der Waals surface area contributed by atoms with E-state index in [0.29, 0.717) is 35.7 Å². The van der Waals surface area contributed by atoms with Crippen molar-refractivity contribution in [1.82, 2.24) is 0 Å². The second kappa shape index (κ2) is 8.57. The maximum Gasteiger partial charge on any atom is 0.229 e. The van der Waals surface area contributed by atoms with Crippen LogP contribution in [0.2, 0.25) is 0 Å². The minimum Gasteiger partial charge on any atom is -0.493 e. The van der Waals surface area contributed by atoms with Gasteiger partial charge in [-0.25, -0.2) is 8.42 Å². The normalized spacial score (nSPS) is 10.9. The second-order valence-electron chi connectivity index (χ2n) is 5.69. The highest BCUT2D eigenvalue weighted by Gasteiger charge is 2.08. The molecule has 0 fully saturated rings. The van der Waals surface area contributed by atoms with Crippen molar-refractivity contribution in [2.24, 2.45) is 0 Å². The van der Waals surface area contributed by atoms with Crippen LogP contribution in [0.25, 0.3) is 0 Å². The smallest absolute Gasteiger partial charge is 0.229 e. The van der Waals surface area contributed by atoms with E-state index in [1.807, 2.05) is 12.1 Å². The fraction of sp³-hybridized carbons (Fsp3) is 0.278. The lowest BCUT2D eigenvalue weighted by atomic mass is 10.1. The Balaban J connectivity index is 1.91. The van der Waals surface area contributed by atoms with Crippen LogP contribution >= 0.6 is 0 Å². The first-order chi connectivity index (χ1) is 12.3. The highest BCUT2D eigenvalue weighted by molar-refractivity contribution is 7.92. The van der Waals surface area contributed by atoms with Gasteiger partial charge < -0.3 is 14.8 Å². The third-order valence-electron chi connectivity index (χ3n) is 3.56. The highest BCUT2D eigenvalue weighted by atomic mass is 32.2. The summed E-state index contributed by atoms with van der Waals surface area (Å²) in [6, 6.07) is 12.0. The molecule has 0 bridgehead atoms. The number of ether oxygens (including phenoxy) is 2. The second-order valence-corrected chi connectivity index (χ2v) is 7.44. The largest absolute Gasteiger partial charge is 0.493 e. The predicted octanol–water partition coefficient (Wildman–Crippen LogP) is 2.65. The Kier molecular flexibility index (Phi) is 6.46. The number of hydrogen-bond acceptors (Lipinski definition) is 5. The molecule has 0 unspecified atom stereocenters. The van der Waals surface area contributed by atoms with Gasteiger partial charge in [-0.1, -0.05) is 6.07 Å². The summed E-state index contributed by atoms with van der Waals surface area (Å²) in [6.45, 7) is 0. The number of methoxy groups -OCH3 is 2. The first kappa shape index (κ1) is 19.6.